The number of hydrogen-bond donors (Lipinski definition) is 6. The van der Waals surface area contributed by atoms with Gasteiger partial charge in [-0.05, 0) is 0 Å². The van der Waals surface area contributed by atoms with E-state index in [1.165, 1.54) is 0 Å². The van der Waals surface area contributed by atoms with Crippen LogP contribution in [-0.2, 0) is 0 Å². The molecule has 0 bridgehead atoms. The lowest BCUT2D eigenvalue weighted by Gasteiger charge is -2.39. The minimum Gasteiger partial charge on any atom is -0.387 e. The fourth-order valence-corrected chi connectivity index (χ4v) is 1.21. The lowest BCUT2D eigenvalue weighted by atomic mass is 9.85. The SMILES string of the molecule is OC1[C@H](O)[C@@H](O)[C@@H](O)[C@@H](O)[C@H]1O. The molecule has 1 aliphatic rings. The van der Waals surface area contributed by atoms with Crippen LogP contribution in [0.15, 0.2) is 0 Å². The second kappa shape index (κ2) is 3.25. The highest BCUT2D eigenvalue weighted by Crippen LogP contribution is 2.20. The lowest BCUT2D eigenvalue weighted by molar-refractivity contribution is -0.223. The summed E-state index contributed by atoms with van der Waals surface area (Å²) in [5.41, 5.74) is 0. The second-order valence-electron chi connectivity index (χ2n) is 2.94. The molecule has 1 rings (SSSR count). The molecule has 1 saturated carbocycles. The normalized spacial score (nSPS) is 55.5. The Kier molecular flexibility index (Phi) is 2.67. The molecule has 0 spiro atoms. The van der Waals surface area contributed by atoms with Crippen molar-refractivity contribution in [1.82, 2.24) is 0 Å². The van der Waals surface area contributed by atoms with Crippen LogP contribution in [0.1, 0.15) is 0 Å². The van der Waals surface area contributed by atoms with Crippen molar-refractivity contribution in [1.29, 1.82) is 0 Å². The zero-order valence-electron chi connectivity index (χ0n) is 6.15. The molecule has 0 atom stereocenters. The van der Waals surface area contributed by atoms with Gasteiger partial charge in [-0.2, -0.15) is 0 Å². The molecule has 0 unspecified atom stereocenters. The van der Waals surface area contributed by atoms with E-state index in [4.69, 9.17) is 30.6 Å². The fraction of sp³-hybridized carbons (Fsp3) is 1.00. The van der Waals surface area contributed by atoms with Crippen LogP contribution in [0.25, 0.3) is 0 Å². The summed E-state index contributed by atoms with van der Waals surface area (Å²) >= 11 is 0. The highest BCUT2D eigenvalue weighted by atomic mass is 16.4. The first-order valence-corrected chi connectivity index (χ1v) is 3.55. The van der Waals surface area contributed by atoms with E-state index in [-0.39, 0.29) is 0 Å². The maximum absolute atomic E-state index is 8.97. The Hall–Kier alpha value is -0.240. The van der Waals surface area contributed by atoms with Gasteiger partial charge in [-0.1, -0.05) is 0 Å². The van der Waals surface area contributed by atoms with E-state index in [1.54, 1.807) is 0 Å². The third-order valence-electron chi connectivity index (χ3n) is 2.10. The van der Waals surface area contributed by atoms with Gasteiger partial charge in [0.1, 0.15) is 36.6 Å². The van der Waals surface area contributed by atoms with Gasteiger partial charge in [0.05, 0.1) is 0 Å². The van der Waals surface area contributed by atoms with E-state index in [2.05, 4.69) is 0 Å². The van der Waals surface area contributed by atoms with E-state index in [9.17, 15) is 0 Å². The van der Waals surface area contributed by atoms with Gasteiger partial charge in [0.25, 0.3) is 0 Å². The molecule has 6 heteroatoms. The van der Waals surface area contributed by atoms with Crippen molar-refractivity contribution >= 4 is 0 Å². The summed E-state index contributed by atoms with van der Waals surface area (Å²) < 4.78 is 0. The molecule has 0 aromatic rings. The molecule has 1 aliphatic carbocycles. The lowest BCUT2D eigenvalue weighted by Crippen LogP contribution is -2.63. The summed E-state index contributed by atoms with van der Waals surface area (Å²) in [5, 5.41) is 53.8. The van der Waals surface area contributed by atoms with Crippen LogP contribution in [-0.4, -0.2) is 67.3 Å². The van der Waals surface area contributed by atoms with Gasteiger partial charge in [0.2, 0.25) is 0 Å². The summed E-state index contributed by atoms with van der Waals surface area (Å²) in [5.74, 6) is 0. The minimum atomic E-state index is -1.64. The Balaban J connectivity index is 2.76. The Morgan fingerprint density at radius 1 is 0.333 bits per heavy atom. The third-order valence-corrected chi connectivity index (χ3v) is 2.10. The van der Waals surface area contributed by atoms with Crippen molar-refractivity contribution in [2.24, 2.45) is 0 Å². The van der Waals surface area contributed by atoms with Crippen molar-refractivity contribution in [3.63, 3.8) is 0 Å². The van der Waals surface area contributed by atoms with Crippen LogP contribution >= 0.6 is 0 Å². The molecule has 72 valence electrons. The summed E-state index contributed by atoms with van der Waals surface area (Å²) in [6, 6.07) is 0. The number of hydrogen-bond acceptors (Lipinski definition) is 6. The largest absolute Gasteiger partial charge is 0.387 e. The van der Waals surface area contributed by atoms with E-state index in [1.807, 2.05) is 0 Å². The molecule has 0 aliphatic heterocycles. The summed E-state index contributed by atoms with van der Waals surface area (Å²) in [6.07, 6.45) is -9.84. The van der Waals surface area contributed by atoms with Crippen LogP contribution in [0.3, 0.4) is 0 Å². The average molecular weight is 180 g/mol. The minimum absolute atomic E-state index is 1.64. The summed E-state index contributed by atoms with van der Waals surface area (Å²) in [4.78, 5) is 0. The van der Waals surface area contributed by atoms with Crippen LogP contribution in [0.4, 0.5) is 0 Å². The molecule has 0 saturated heterocycles. The first kappa shape index (κ1) is 9.85. The van der Waals surface area contributed by atoms with Gasteiger partial charge in [-0.15, -0.1) is 0 Å². The standard InChI is InChI=1S/C6H12O6/c7-1-2(8)4(10)6(12)5(11)3(1)9/h1-12H/t1-,2-,3-,4?,5-,6+/m1/s1. The average Bonchev–Trinajstić information content (AvgIpc) is 2.08. The van der Waals surface area contributed by atoms with Crippen LogP contribution < -0.4 is 0 Å². The van der Waals surface area contributed by atoms with Gasteiger partial charge in [0.15, 0.2) is 0 Å². The molecule has 0 amide bonds. The summed E-state index contributed by atoms with van der Waals surface area (Å²) in [6.45, 7) is 0. The fourth-order valence-electron chi connectivity index (χ4n) is 1.21. The first-order chi connectivity index (χ1) is 5.46. The van der Waals surface area contributed by atoms with E-state index in [0.717, 1.165) is 0 Å². The highest BCUT2D eigenvalue weighted by molar-refractivity contribution is 4.98. The van der Waals surface area contributed by atoms with Crippen molar-refractivity contribution in [2.75, 3.05) is 0 Å². The predicted octanol–water partition coefficient (Wildman–Crippen LogP) is -3.83. The van der Waals surface area contributed by atoms with Gasteiger partial charge < -0.3 is 30.6 Å². The maximum Gasteiger partial charge on any atom is 0.111 e. The number of aliphatic hydroxyl groups excluding tert-OH is 6. The van der Waals surface area contributed by atoms with Crippen molar-refractivity contribution in [3.05, 3.63) is 0 Å². The van der Waals surface area contributed by atoms with E-state index < -0.39 is 36.6 Å². The van der Waals surface area contributed by atoms with Crippen LogP contribution in [0, 0.1) is 0 Å². The van der Waals surface area contributed by atoms with Gasteiger partial charge in [-0.25, -0.2) is 0 Å². The van der Waals surface area contributed by atoms with E-state index in [0.29, 0.717) is 0 Å². The Morgan fingerprint density at radius 2 is 0.417 bits per heavy atom. The van der Waals surface area contributed by atoms with Gasteiger partial charge >= 0.3 is 0 Å². The maximum atomic E-state index is 8.97. The second-order valence-corrected chi connectivity index (χ2v) is 2.94. The Morgan fingerprint density at radius 3 is 0.500 bits per heavy atom. The molecule has 0 heterocycles. The zero-order valence-corrected chi connectivity index (χ0v) is 6.15. The highest BCUT2D eigenvalue weighted by Gasteiger charge is 2.47. The van der Waals surface area contributed by atoms with E-state index >= 15 is 0 Å². The third kappa shape index (κ3) is 1.33. The molecule has 6 N–H and O–H groups in total. The molecule has 0 aromatic heterocycles. The zero-order chi connectivity index (χ0) is 9.46. The van der Waals surface area contributed by atoms with Crippen molar-refractivity contribution < 1.29 is 30.6 Å². The van der Waals surface area contributed by atoms with Crippen molar-refractivity contribution in [3.8, 4) is 0 Å². The van der Waals surface area contributed by atoms with Crippen LogP contribution in [0.5, 0.6) is 0 Å². The topological polar surface area (TPSA) is 121 Å². The Bertz CT molecular complexity index is 104. The van der Waals surface area contributed by atoms with Crippen LogP contribution in [0.2, 0.25) is 0 Å². The molecule has 6 nitrogen and oxygen atoms in total. The van der Waals surface area contributed by atoms with Crippen molar-refractivity contribution in [2.45, 2.75) is 36.6 Å². The number of rotatable bonds is 0. The molecule has 12 heavy (non-hydrogen) atoms. The Labute approximate surface area is 68.3 Å². The summed E-state index contributed by atoms with van der Waals surface area (Å²) in [7, 11) is 0. The molecular formula is C6H12O6. The molecule has 0 aromatic carbocycles. The monoisotopic (exact) mass is 180 g/mol. The quantitative estimate of drug-likeness (QED) is 0.227. The first-order valence-electron chi connectivity index (χ1n) is 3.55. The smallest absolute Gasteiger partial charge is 0.111 e. The molecule has 0 radical (unpaired) electrons. The van der Waals surface area contributed by atoms with Gasteiger partial charge in [0, 0.05) is 0 Å². The number of aliphatic hydroxyl groups is 6. The van der Waals surface area contributed by atoms with Gasteiger partial charge in [-0.3, -0.25) is 0 Å². The molecule has 1 fully saturated rings. The molecular weight excluding hydrogens is 168 g/mol. The predicted molar refractivity (Wildman–Crippen MR) is 36.0 cm³/mol.